The van der Waals surface area contributed by atoms with Crippen LogP contribution < -0.4 is 14.7 Å². The van der Waals surface area contributed by atoms with Crippen LogP contribution in [0, 0.1) is 5.82 Å². The Bertz CT molecular complexity index is 639. The minimum atomic E-state index is -0.276. The SMILES string of the molecule is CN(C)c1ccnc(N2CCN(c3ncccc3F)CC2)n1. The molecule has 6 nitrogen and oxygen atoms in total. The molecule has 2 aromatic rings. The molecular weight excluding hydrogens is 283 g/mol. The lowest BCUT2D eigenvalue weighted by atomic mass is 10.3. The zero-order chi connectivity index (χ0) is 15.5. The summed E-state index contributed by atoms with van der Waals surface area (Å²) in [6.45, 7) is 2.88. The number of halogens is 1. The van der Waals surface area contributed by atoms with E-state index < -0.39 is 0 Å². The summed E-state index contributed by atoms with van der Waals surface area (Å²) in [5.74, 6) is 1.74. The molecule has 116 valence electrons. The Kier molecular flexibility index (Phi) is 4.04. The Hall–Kier alpha value is -2.44. The van der Waals surface area contributed by atoms with Crippen molar-refractivity contribution in [2.24, 2.45) is 0 Å². The van der Waals surface area contributed by atoms with Crippen LogP contribution >= 0.6 is 0 Å². The highest BCUT2D eigenvalue weighted by Gasteiger charge is 2.22. The summed E-state index contributed by atoms with van der Waals surface area (Å²) in [7, 11) is 3.90. The average Bonchev–Trinajstić information content (AvgIpc) is 2.56. The molecule has 0 saturated carbocycles. The fourth-order valence-electron chi connectivity index (χ4n) is 2.47. The maximum atomic E-state index is 13.8. The normalized spacial score (nSPS) is 15.0. The number of hydrogen-bond acceptors (Lipinski definition) is 6. The molecule has 7 heteroatoms. The second-order valence-electron chi connectivity index (χ2n) is 5.39. The molecule has 0 amide bonds. The van der Waals surface area contributed by atoms with Gasteiger partial charge in [0.1, 0.15) is 5.82 Å². The van der Waals surface area contributed by atoms with Crippen molar-refractivity contribution in [1.82, 2.24) is 15.0 Å². The van der Waals surface area contributed by atoms with Gasteiger partial charge in [0.05, 0.1) is 0 Å². The van der Waals surface area contributed by atoms with Crippen LogP contribution in [0.2, 0.25) is 0 Å². The van der Waals surface area contributed by atoms with Crippen LogP contribution in [-0.4, -0.2) is 55.2 Å². The first-order chi connectivity index (χ1) is 10.6. The average molecular weight is 302 g/mol. The van der Waals surface area contributed by atoms with Gasteiger partial charge in [-0.25, -0.2) is 14.4 Å². The van der Waals surface area contributed by atoms with Gasteiger partial charge in [-0.3, -0.25) is 0 Å². The third-order valence-corrected chi connectivity index (χ3v) is 3.69. The number of nitrogens with zero attached hydrogens (tertiary/aromatic N) is 6. The maximum absolute atomic E-state index is 13.8. The molecule has 1 fully saturated rings. The molecule has 0 N–H and O–H groups in total. The van der Waals surface area contributed by atoms with Crippen LogP contribution in [0.4, 0.5) is 22.0 Å². The minimum Gasteiger partial charge on any atom is -0.363 e. The van der Waals surface area contributed by atoms with Crippen molar-refractivity contribution in [3.8, 4) is 0 Å². The number of pyridine rings is 1. The maximum Gasteiger partial charge on any atom is 0.227 e. The third kappa shape index (κ3) is 2.93. The van der Waals surface area contributed by atoms with E-state index in [9.17, 15) is 4.39 Å². The molecule has 22 heavy (non-hydrogen) atoms. The second-order valence-corrected chi connectivity index (χ2v) is 5.39. The van der Waals surface area contributed by atoms with E-state index >= 15 is 0 Å². The summed E-state index contributed by atoms with van der Waals surface area (Å²) in [5.41, 5.74) is 0. The first kappa shape index (κ1) is 14.5. The van der Waals surface area contributed by atoms with E-state index in [1.54, 1.807) is 18.5 Å². The van der Waals surface area contributed by atoms with Gasteiger partial charge < -0.3 is 14.7 Å². The van der Waals surface area contributed by atoms with E-state index in [0.717, 1.165) is 18.9 Å². The quantitative estimate of drug-likeness (QED) is 0.854. The number of piperazine rings is 1. The van der Waals surface area contributed by atoms with Crippen LogP contribution in [-0.2, 0) is 0 Å². The molecule has 0 aliphatic carbocycles. The van der Waals surface area contributed by atoms with E-state index in [1.165, 1.54) is 6.07 Å². The molecule has 3 rings (SSSR count). The van der Waals surface area contributed by atoms with E-state index in [1.807, 2.05) is 30.0 Å². The molecule has 0 atom stereocenters. The van der Waals surface area contributed by atoms with Crippen molar-refractivity contribution >= 4 is 17.6 Å². The lowest BCUT2D eigenvalue weighted by Crippen LogP contribution is -2.47. The highest BCUT2D eigenvalue weighted by Crippen LogP contribution is 2.19. The molecule has 1 aliphatic heterocycles. The van der Waals surface area contributed by atoms with Gasteiger partial charge in [-0.05, 0) is 18.2 Å². The molecule has 3 heterocycles. The molecule has 0 aromatic carbocycles. The van der Waals surface area contributed by atoms with Crippen LogP contribution in [0.1, 0.15) is 0 Å². The first-order valence-electron chi connectivity index (χ1n) is 7.26. The number of hydrogen-bond donors (Lipinski definition) is 0. The van der Waals surface area contributed by atoms with Crippen LogP contribution in [0.5, 0.6) is 0 Å². The van der Waals surface area contributed by atoms with Crippen molar-refractivity contribution in [1.29, 1.82) is 0 Å². The fourth-order valence-corrected chi connectivity index (χ4v) is 2.47. The third-order valence-electron chi connectivity index (χ3n) is 3.69. The highest BCUT2D eigenvalue weighted by molar-refractivity contribution is 5.46. The molecule has 0 unspecified atom stereocenters. The predicted octanol–water partition coefficient (Wildman–Crippen LogP) is 1.40. The second kappa shape index (κ2) is 6.13. The summed E-state index contributed by atoms with van der Waals surface area (Å²) < 4.78 is 13.8. The predicted molar refractivity (Wildman–Crippen MR) is 85.0 cm³/mol. The van der Waals surface area contributed by atoms with Crippen molar-refractivity contribution in [2.45, 2.75) is 0 Å². The van der Waals surface area contributed by atoms with Gasteiger partial charge in [0.15, 0.2) is 11.6 Å². The van der Waals surface area contributed by atoms with E-state index in [-0.39, 0.29) is 5.82 Å². The largest absolute Gasteiger partial charge is 0.363 e. The standard InChI is InChI=1S/C15H19FN6/c1-20(2)13-5-7-18-15(19-13)22-10-8-21(9-11-22)14-12(16)4-3-6-17-14/h3-7H,8-11H2,1-2H3. The molecule has 0 bridgehead atoms. The van der Waals surface area contributed by atoms with Crippen LogP contribution in [0.15, 0.2) is 30.6 Å². The van der Waals surface area contributed by atoms with Crippen molar-refractivity contribution in [2.75, 3.05) is 55.0 Å². The van der Waals surface area contributed by atoms with E-state index in [2.05, 4.69) is 19.9 Å². The summed E-state index contributed by atoms with van der Waals surface area (Å²) in [6.07, 6.45) is 3.39. The van der Waals surface area contributed by atoms with E-state index in [0.29, 0.717) is 24.9 Å². The molecular formula is C15H19FN6. The Morgan fingerprint density at radius 3 is 2.41 bits per heavy atom. The number of aromatic nitrogens is 3. The van der Waals surface area contributed by atoms with Crippen molar-refractivity contribution in [3.05, 3.63) is 36.4 Å². The lowest BCUT2D eigenvalue weighted by molar-refractivity contribution is 0.585. The van der Waals surface area contributed by atoms with Gasteiger partial charge in [-0.15, -0.1) is 0 Å². The molecule has 1 aliphatic rings. The molecule has 2 aromatic heterocycles. The van der Waals surface area contributed by atoms with Gasteiger partial charge in [0.2, 0.25) is 5.95 Å². The number of rotatable bonds is 3. The minimum absolute atomic E-state index is 0.276. The Morgan fingerprint density at radius 1 is 1.00 bits per heavy atom. The van der Waals surface area contributed by atoms with Crippen LogP contribution in [0.3, 0.4) is 0 Å². The summed E-state index contributed by atoms with van der Waals surface area (Å²) in [5, 5.41) is 0. The first-order valence-corrected chi connectivity index (χ1v) is 7.26. The van der Waals surface area contributed by atoms with Crippen LogP contribution in [0.25, 0.3) is 0 Å². The topological polar surface area (TPSA) is 48.4 Å². The molecule has 0 radical (unpaired) electrons. The Labute approximate surface area is 129 Å². The summed E-state index contributed by atoms with van der Waals surface area (Å²) in [6, 6.07) is 4.93. The highest BCUT2D eigenvalue weighted by atomic mass is 19.1. The van der Waals surface area contributed by atoms with Gasteiger partial charge in [-0.2, -0.15) is 4.98 Å². The number of anilines is 3. The van der Waals surface area contributed by atoms with Gasteiger partial charge >= 0.3 is 0 Å². The van der Waals surface area contributed by atoms with E-state index in [4.69, 9.17) is 0 Å². The zero-order valence-electron chi connectivity index (χ0n) is 12.8. The monoisotopic (exact) mass is 302 g/mol. The van der Waals surface area contributed by atoms with Gasteiger partial charge in [0, 0.05) is 52.7 Å². The van der Waals surface area contributed by atoms with Crippen molar-refractivity contribution in [3.63, 3.8) is 0 Å². The molecule has 1 saturated heterocycles. The Balaban J connectivity index is 1.69. The van der Waals surface area contributed by atoms with Crippen molar-refractivity contribution < 1.29 is 4.39 Å². The van der Waals surface area contributed by atoms with Gasteiger partial charge in [0.25, 0.3) is 0 Å². The van der Waals surface area contributed by atoms with Gasteiger partial charge in [-0.1, -0.05) is 0 Å². The summed E-state index contributed by atoms with van der Waals surface area (Å²) >= 11 is 0. The lowest BCUT2D eigenvalue weighted by Gasteiger charge is -2.35. The Morgan fingerprint density at radius 2 is 1.73 bits per heavy atom. The smallest absolute Gasteiger partial charge is 0.227 e. The summed E-state index contributed by atoms with van der Waals surface area (Å²) in [4.78, 5) is 19.0. The molecule has 0 spiro atoms. The fraction of sp³-hybridized carbons (Fsp3) is 0.400. The zero-order valence-corrected chi connectivity index (χ0v) is 12.8.